The Kier molecular flexibility index (Phi) is 4.62. The van der Waals surface area contributed by atoms with Crippen LogP contribution in [0, 0.1) is 5.92 Å². The lowest BCUT2D eigenvalue weighted by atomic mass is 9.97. The molecule has 5 nitrogen and oxygen atoms in total. The lowest BCUT2D eigenvalue weighted by Crippen LogP contribution is -2.36. The highest BCUT2D eigenvalue weighted by atomic mass is 15.5. The number of nitrogens with zero attached hydrogens (tertiary/aromatic N) is 4. The molecule has 0 aliphatic carbocycles. The summed E-state index contributed by atoms with van der Waals surface area (Å²) in [6.07, 6.45) is 4.42. The predicted molar refractivity (Wildman–Crippen MR) is 83.3 cm³/mol. The SMILES string of the molecule is CNCC1CCN(Cc2cnn(-c3ccccc3)n2)CC1. The van der Waals surface area contributed by atoms with Gasteiger partial charge in [-0.25, -0.2) is 0 Å². The van der Waals surface area contributed by atoms with Crippen LogP contribution >= 0.6 is 0 Å². The van der Waals surface area contributed by atoms with Gasteiger partial charge in [0.15, 0.2) is 0 Å². The van der Waals surface area contributed by atoms with Crippen molar-refractivity contribution >= 4 is 0 Å². The first-order valence-electron chi connectivity index (χ1n) is 7.69. The molecule has 1 N–H and O–H groups in total. The van der Waals surface area contributed by atoms with E-state index in [2.05, 4.69) is 20.4 Å². The molecule has 0 unspecified atom stereocenters. The van der Waals surface area contributed by atoms with E-state index in [1.165, 1.54) is 12.8 Å². The number of rotatable bonds is 5. The van der Waals surface area contributed by atoms with Gasteiger partial charge in [-0.1, -0.05) is 18.2 Å². The maximum Gasteiger partial charge on any atom is 0.0971 e. The van der Waals surface area contributed by atoms with Gasteiger partial charge in [-0.2, -0.15) is 15.0 Å². The van der Waals surface area contributed by atoms with Gasteiger partial charge >= 0.3 is 0 Å². The molecular weight excluding hydrogens is 262 g/mol. The Balaban J connectivity index is 1.56. The molecule has 1 aromatic heterocycles. The van der Waals surface area contributed by atoms with Crippen LogP contribution in [0.25, 0.3) is 5.69 Å². The van der Waals surface area contributed by atoms with Gasteiger partial charge in [0.25, 0.3) is 0 Å². The summed E-state index contributed by atoms with van der Waals surface area (Å²) >= 11 is 0. The molecule has 0 amide bonds. The first-order chi connectivity index (χ1) is 10.3. The highest BCUT2D eigenvalue weighted by Crippen LogP contribution is 2.17. The zero-order valence-electron chi connectivity index (χ0n) is 12.6. The molecule has 0 atom stereocenters. The first kappa shape index (κ1) is 14.2. The van der Waals surface area contributed by atoms with Gasteiger partial charge in [-0.3, -0.25) is 4.90 Å². The molecule has 2 aromatic rings. The Labute approximate surface area is 126 Å². The van der Waals surface area contributed by atoms with Gasteiger partial charge in [0.05, 0.1) is 17.6 Å². The molecule has 0 bridgehead atoms. The average molecular weight is 285 g/mol. The molecule has 21 heavy (non-hydrogen) atoms. The Hall–Kier alpha value is -1.72. The first-order valence-corrected chi connectivity index (χ1v) is 7.69. The second-order valence-electron chi connectivity index (χ2n) is 5.74. The van der Waals surface area contributed by atoms with Crippen LogP contribution in [-0.2, 0) is 6.54 Å². The van der Waals surface area contributed by atoms with Crippen molar-refractivity contribution in [3.05, 3.63) is 42.2 Å². The van der Waals surface area contributed by atoms with Crippen molar-refractivity contribution in [3.63, 3.8) is 0 Å². The number of hydrogen-bond donors (Lipinski definition) is 1. The Morgan fingerprint density at radius 3 is 2.67 bits per heavy atom. The van der Waals surface area contributed by atoms with Crippen LogP contribution < -0.4 is 5.32 Å². The van der Waals surface area contributed by atoms with Gasteiger partial charge < -0.3 is 5.32 Å². The summed E-state index contributed by atoms with van der Waals surface area (Å²) in [7, 11) is 2.04. The second-order valence-corrected chi connectivity index (χ2v) is 5.74. The topological polar surface area (TPSA) is 46.0 Å². The zero-order chi connectivity index (χ0) is 14.5. The fourth-order valence-corrected chi connectivity index (χ4v) is 2.92. The third kappa shape index (κ3) is 3.68. The van der Waals surface area contributed by atoms with Gasteiger partial charge in [-0.15, -0.1) is 0 Å². The van der Waals surface area contributed by atoms with E-state index in [0.29, 0.717) is 0 Å². The average Bonchev–Trinajstić information content (AvgIpc) is 2.99. The molecule has 1 aliphatic heterocycles. The normalized spacial score (nSPS) is 17.2. The molecule has 0 saturated carbocycles. The maximum atomic E-state index is 4.58. The minimum absolute atomic E-state index is 0.825. The number of benzene rings is 1. The van der Waals surface area contributed by atoms with Crippen LogP contribution in [0.5, 0.6) is 0 Å². The molecule has 112 valence electrons. The minimum atomic E-state index is 0.825. The number of para-hydroxylation sites is 1. The standard InChI is InChI=1S/C16H23N5/c1-17-11-14-7-9-20(10-8-14)13-15-12-18-21(19-15)16-5-3-2-4-6-16/h2-6,12,14,17H,7-11,13H2,1H3. The molecule has 1 aliphatic rings. The number of aromatic nitrogens is 3. The smallest absolute Gasteiger partial charge is 0.0971 e. The van der Waals surface area contributed by atoms with Crippen molar-refractivity contribution in [2.24, 2.45) is 5.92 Å². The van der Waals surface area contributed by atoms with Crippen molar-refractivity contribution < 1.29 is 0 Å². The van der Waals surface area contributed by atoms with Gasteiger partial charge in [0.2, 0.25) is 0 Å². The lowest BCUT2D eigenvalue weighted by molar-refractivity contribution is 0.175. The molecular formula is C16H23N5. The molecule has 0 radical (unpaired) electrons. The number of hydrogen-bond acceptors (Lipinski definition) is 4. The summed E-state index contributed by atoms with van der Waals surface area (Å²) < 4.78 is 0. The summed E-state index contributed by atoms with van der Waals surface area (Å²) in [6, 6.07) is 10.1. The van der Waals surface area contributed by atoms with Gasteiger partial charge in [-0.05, 0) is 57.6 Å². The summed E-state index contributed by atoms with van der Waals surface area (Å²) in [6.45, 7) is 4.35. The van der Waals surface area contributed by atoms with Crippen LogP contribution in [0.2, 0.25) is 0 Å². The van der Waals surface area contributed by atoms with Crippen LogP contribution in [-0.4, -0.2) is 46.6 Å². The Morgan fingerprint density at radius 1 is 1.19 bits per heavy atom. The van der Waals surface area contributed by atoms with Crippen molar-refractivity contribution in [1.29, 1.82) is 0 Å². The number of nitrogens with one attached hydrogen (secondary N) is 1. The van der Waals surface area contributed by atoms with E-state index < -0.39 is 0 Å². The predicted octanol–water partition coefficient (Wildman–Crippen LogP) is 1.70. The zero-order valence-corrected chi connectivity index (χ0v) is 12.6. The minimum Gasteiger partial charge on any atom is -0.319 e. The fourth-order valence-electron chi connectivity index (χ4n) is 2.92. The van der Waals surface area contributed by atoms with E-state index in [1.807, 2.05) is 43.6 Å². The lowest BCUT2D eigenvalue weighted by Gasteiger charge is -2.31. The molecule has 5 heteroatoms. The Morgan fingerprint density at radius 2 is 1.95 bits per heavy atom. The third-order valence-electron chi connectivity index (χ3n) is 4.11. The second kappa shape index (κ2) is 6.83. The summed E-state index contributed by atoms with van der Waals surface area (Å²) in [5, 5.41) is 12.2. The molecule has 2 heterocycles. The quantitative estimate of drug-likeness (QED) is 0.908. The van der Waals surface area contributed by atoms with Crippen LogP contribution in [0.4, 0.5) is 0 Å². The van der Waals surface area contributed by atoms with Gasteiger partial charge in [0.1, 0.15) is 0 Å². The highest BCUT2D eigenvalue weighted by Gasteiger charge is 2.19. The molecule has 1 aromatic carbocycles. The van der Waals surface area contributed by atoms with Crippen molar-refractivity contribution in [2.75, 3.05) is 26.7 Å². The van der Waals surface area contributed by atoms with Crippen molar-refractivity contribution in [1.82, 2.24) is 25.2 Å². The van der Waals surface area contributed by atoms with Crippen LogP contribution in [0.15, 0.2) is 36.5 Å². The van der Waals surface area contributed by atoms with E-state index in [4.69, 9.17) is 0 Å². The molecule has 1 saturated heterocycles. The van der Waals surface area contributed by atoms with Crippen molar-refractivity contribution in [2.45, 2.75) is 19.4 Å². The monoisotopic (exact) mass is 285 g/mol. The Bertz CT molecular complexity index is 543. The summed E-state index contributed by atoms with van der Waals surface area (Å²) in [5.74, 6) is 0.825. The molecule has 3 rings (SSSR count). The van der Waals surface area contributed by atoms with E-state index in [1.54, 1.807) is 4.80 Å². The highest BCUT2D eigenvalue weighted by molar-refractivity contribution is 5.28. The number of piperidine rings is 1. The van der Waals surface area contributed by atoms with E-state index in [0.717, 1.165) is 43.5 Å². The summed E-state index contributed by atoms with van der Waals surface area (Å²) in [4.78, 5) is 4.19. The molecule has 0 spiro atoms. The van der Waals surface area contributed by atoms with E-state index in [9.17, 15) is 0 Å². The molecule has 1 fully saturated rings. The third-order valence-corrected chi connectivity index (χ3v) is 4.11. The van der Waals surface area contributed by atoms with E-state index >= 15 is 0 Å². The summed E-state index contributed by atoms with van der Waals surface area (Å²) in [5.41, 5.74) is 2.06. The fraction of sp³-hybridized carbons (Fsp3) is 0.500. The van der Waals surface area contributed by atoms with E-state index in [-0.39, 0.29) is 0 Å². The van der Waals surface area contributed by atoms with Crippen LogP contribution in [0.3, 0.4) is 0 Å². The van der Waals surface area contributed by atoms with Crippen LogP contribution in [0.1, 0.15) is 18.5 Å². The van der Waals surface area contributed by atoms with Crippen molar-refractivity contribution in [3.8, 4) is 5.69 Å². The van der Waals surface area contributed by atoms with Gasteiger partial charge in [0, 0.05) is 6.54 Å². The maximum absolute atomic E-state index is 4.58. The number of likely N-dealkylation sites (tertiary alicyclic amines) is 1. The largest absolute Gasteiger partial charge is 0.319 e.